The Morgan fingerprint density at radius 3 is 2.53 bits per heavy atom. The van der Waals surface area contributed by atoms with E-state index in [1.165, 1.54) is 26.4 Å². The van der Waals surface area contributed by atoms with Crippen molar-refractivity contribution in [2.24, 2.45) is 17.8 Å². The summed E-state index contributed by atoms with van der Waals surface area (Å²) in [4.78, 5) is 11.5. The van der Waals surface area contributed by atoms with Gasteiger partial charge in [-0.1, -0.05) is 20.3 Å². The maximum Gasteiger partial charge on any atom is 0.310 e. The minimum atomic E-state index is -0.0916. The van der Waals surface area contributed by atoms with E-state index in [9.17, 15) is 4.79 Å². The Hall–Kier alpha value is -0.570. The van der Waals surface area contributed by atoms with Crippen LogP contribution in [-0.2, 0) is 9.53 Å². The number of ether oxygens (including phenoxy) is 1. The van der Waals surface area contributed by atoms with Gasteiger partial charge in [-0.2, -0.15) is 0 Å². The maximum absolute atomic E-state index is 11.5. The number of esters is 1. The lowest BCUT2D eigenvalue weighted by atomic mass is 9.85. The minimum Gasteiger partial charge on any atom is -0.469 e. The molecule has 1 aliphatic carbocycles. The maximum atomic E-state index is 11.5. The number of methoxy groups -OCH3 is 1. The van der Waals surface area contributed by atoms with E-state index in [0.29, 0.717) is 5.92 Å². The first-order valence-corrected chi connectivity index (χ1v) is 5.93. The highest BCUT2D eigenvalue weighted by atomic mass is 16.5. The summed E-state index contributed by atoms with van der Waals surface area (Å²) < 4.78 is 4.79. The molecule has 1 N–H and O–H groups in total. The molecular weight excluding hydrogens is 190 g/mol. The molecular formula is C12H23NO2. The van der Waals surface area contributed by atoms with Crippen LogP contribution in [0.15, 0.2) is 0 Å². The van der Waals surface area contributed by atoms with Crippen LogP contribution < -0.4 is 5.32 Å². The molecule has 0 radical (unpaired) electrons. The average molecular weight is 213 g/mol. The zero-order valence-corrected chi connectivity index (χ0v) is 10.1. The van der Waals surface area contributed by atoms with Crippen molar-refractivity contribution in [1.82, 2.24) is 5.32 Å². The Bertz CT molecular complexity index is 200. The SMILES string of the molecule is COC(=O)C(CNCC1CCC1)C(C)C. The van der Waals surface area contributed by atoms with Crippen LogP contribution in [-0.4, -0.2) is 26.2 Å². The van der Waals surface area contributed by atoms with E-state index in [2.05, 4.69) is 19.2 Å². The predicted molar refractivity (Wildman–Crippen MR) is 60.6 cm³/mol. The van der Waals surface area contributed by atoms with Crippen LogP contribution in [0.4, 0.5) is 0 Å². The molecule has 1 atom stereocenters. The summed E-state index contributed by atoms with van der Waals surface area (Å²) in [7, 11) is 1.46. The van der Waals surface area contributed by atoms with Crippen molar-refractivity contribution in [2.45, 2.75) is 33.1 Å². The summed E-state index contributed by atoms with van der Waals surface area (Å²) in [5.74, 6) is 1.09. The third-order valence-corrected chi connectivity index (χ3v) is 3.33. The smallest absolute Gasteiger partial charge is 0.310 e. The Labute approximate surface area is 92.6 Å². The first-order valence-electron chi connectivity index (χ1n) is 5.93. The minimum absolute atomic E-state index is 0.00456. The molecule has 1 saturated carbocycles. The van der Waals surface area contributed by atoms with Gasteiger partial charge in [-0.3, -0.25) is 4.79 Å². The summed E-state index contributed by atoms with van der Waals surface area (Å²) in [6.45, 7) is 5.93. The largest absolute Gasteiger partial charge is 0.469 e. The lowest BCUT2D eigenvalue weighted by Gasteiger charge is -2.27. The van der Waals surface area contributed by atoms with Gasteiger partial charge in [0, 0.05) is 6.54 Å². The normalized spacial score (nSPS) is 18.7. The van der Waals surface area contributed by atoms with E-state index < -0.39 is 0 Å². The fourth-order valence-electron chi connectivity index (χ4n) is 1.88. The standard InChI is InChI=1S/C12H23NO2/c1-9(2)11(12(14)15-3)8-13-7-10-5-4-6-10/h9-11,13H,4-8H2,1-3H3. The number of hydrogen-bond donors (Lipinski definition) is 1. The van der Waals surface area contributed by atoms with Crippen LogP contribution in [0.25, 0.3) is 0 Å². The van der Waals surface area contributed by atoms with Crippen LogP contribution in [0.5, 0.6) is 0 Å². The topological polar surface area (TPSA) is 38.3 Å². The van der Waals surface area contributed by atoms with Gasteiger partial charge >= 0.3 is 5.97 Å². The van der Waals surface area contributed by atoms with Gasteiger partial charge in [0.05, 0.1) is 13.0 Å². The number of carbonyl (C=O) groups is 1. The number of carbonyl (C=O) groups excluding carboxylic acids is 1. The summed E-state index contributed by atoms with van der Waals surface area (Å²) >= 11 is 0. The first-order chi connectivity index (χ1) is 7.15. The van der Waals surface area contributed by atoms with Crippen molar-refractivity contribution in [1.29, 1.82) is 0 Å². The van der Waals surface area contributed by atoms with Crippen molar-refractivity contribution in [3.05, 3.63) is 0 Å². The summed E-state index contributed by atoms with van der Waals surface area (Å²) in [6.07, 6.45) is 4.06. The molecule has 0 spiro atoms. The molecule has 3 nitrogen and oxygen atoms in total. The van der Waals surface area contributed by atoms with Crippen LogP contribution in [0.1, 0.15) is 33.1 Å². The molecule has 0 aromatic heterocycles. The van der Waals surface area contributed by atoms with Gasteiger partial charge < -0.3 is 10.1 Å². The van der Waals surface area contributed by atoms with Crippen LogP contribution >= 0.6 is 0 Å². The Morgan fingerprint density at radius 1 is 1.47 bits per heavy atom. The Kier molecular flexibility index (Phi) is 5.09. The van der Waals surface area contributed by atoms with Crippen molar-refractivity contribution in [2.75, 3.05) is 20.2 Å². The average Bonchev–Trinajstić information content (AvgIpc) is 2.13. The molecule has 3 heteroatoms. The monoisotopic (exact) mass is 213 g/mol. The predicted octanol–water partition coefficient (Wildman–Crippen LogP) is 1.82. The molecule has 1 rings (SSSR count). The van der Waals surface area contributed by atoms with E-state index in [1.54, 1.807) is 0 Å². The third-order valence-electron chi connectivity index (χ3n) is 3.33. The van der Waals surface area contributed by atoms with Crippen molar-refractivity contribution in [3.63, 3.8) is 0 Å². The molecule has 1 aliphatic rings. The molecule has 1 unspecified atom stereocenters. The molecule has 0 saturated heterocycles. The highest BCUT2D eigenvalue weighted by molar-refractivity contribution is 5.72. The van der Waals surface area contributed by atoms with Crippen molar-refractivity contribution >= 4 is 5.97 Å². The van der Waals surface area contributed by atoms with Crippen LogP contribution in [0.3, 0.4) is 0 Å². The third kappa shape index (κ3) is 3.82. The molecule has 0 heterocycles. The van der Waals surface area contributed by atoms with Gasteiger partial charge in [0.15, 0.2) is 0 Å². The molecule has 0 aromatic carbocycles. The molecule has 0 aliphatic heterocycles. The van der Waals surface area contributed by atoms with E-state index >= 15 is 0 Å². The van der Waals surface area contributed by atoms with E-state index in [-0.39, 0.29) is 11.9 Å². The van der Waals surface area contributed by atoms with Crippen LogP contribution in [0.2, 0.25) is 0 Å². The summed E-state index contributed by atoms with van der Waals surface area (Å²) in [5.41, 5.74) is 0. The first kappa shape index (κ1) is 12.5. The van der Waals surface area contributed by atoms with E-state index in [0.717, 1.165) is 19.0 Å². The Morgan fingerprint density at radius 2 is 2.13 bits per heavy atom. The quantitative estimate of drug-likeness (QED) is 0.684. The second-order valence-corrected chi connectivity index (χ2v) is 4.83. The van der Waals surface area contributed by atoms with Crippen LogP contribution in [0, 0.1) is 17.8 Å². The molecule has 1 fully saturated rings. The summed E-state index contributed by atoms with van der Waals surface area (Å²) in [6, 6.07) is 0. The molecule has 15 heavy (non-hydrogen) atoms. The van der Waals surface area contributed by atoms with E-state index in [1.807, 2.05) is 0 Å². The highest BCUT2D eigenvalue weighted by Crippen LogP contribution is 2.25. The zero-order chi connectivity index (χ0) is 11.3. The number of nitrogens with one attached hydrogen (secondary N) is 1. The second kappa shape index (κ2) is 6.11. The van der Waals surface area contributed by atoms with Gasteiger partial charge in [0.2, 0.25) is 0 Å². The van der Waals surface area contributed by atoms with E-state index in [4.69, 9.17) is 4.74 Å². The lowest BCUT2D eigenvalue weighted by molar-refractivity contribution is -0.146. The number of hydrogen-bond acceptors (Lipinski definition) is 3. The highest BCUT2D eigenvalue weighted by Gasteiger charge is 2.23. The fraction of sp³-hybridized carbons (Fsp3) is 0.917. The van der Waals surface area contributed by atoms with Gasteiger partial charge in [0.25, 0.3) is 0 Å². The Balaban J connectivity index is 2.21. The van der Waals surface area contributed by atoms with Gasteiger partial charge in [-0.05, 0) is 31.2 Å². The van der Waals surface area contributed by atoms with Gasteiger partial charge in [-0.25, -0.2) is 0 Å². The summed E-state index contributed by atoms with van der Waals surface area (Å²) in [5, 5.41) is 3.38. The molecule has 0 aromatic rings. The molecule has 88 valence electrons. The van der Waals surface area contributed by atoms with Crippen molar-refractivity contribution in [3.8, 4) is 0 Å². The number of rotatable bonds is 6. The van der Waals surface area contributed by atoms with Gasteiger partial charge in [-0.15, -0.1) is 0 Å². The second-order valence-electron chi connectivity index (χ2n) is 4.83. The van der Waals surface area contributed by atoms with Gasteiger partial charge in [0.1, 0.15) is 0 Å². The lowest BCUT2D eigenvalue weighted by Crippen LogP contribution is -2.36. The van der Waals surface area contributed by atoms with Crippen molar-refractivity contribution < 1.29 is 9.53 Å². The zero-order valence-electron chi connectivity index (χ0n) is 10.1. The fourth-order valence-corrected chi connectivity index (χ4v) is 1.88. The molecule has 0 amide bonds. The molecule has 0 bridgehead atoms.